The summed E-state index contributed by atoms with van der Waals surface area (Å²) in [6.45, 7) is 6.45. The summed E-state index contributed by atoms with van der Waals surface area (Å²) in [7, 11) is 0. The lowest BCUT2D eigenvalue weighted by Crippen LogP contribution is -2.46. The summed E-state index contributed by atoms with van der Waals surface area (Å²) in [5.74, 6) is 1.85. The molecule has 22 heavy (non-hydrogen) atoms. The van der Waals surface area contributed by atoms with Gasteiger partial charge in [-0.1, -0.05) is 6.92 Å². The predicted molar refractivity (Wildman–Crippen MR) is 87.2 cm³/mol. The van der Waals surface area contributed by atoms with Crippen molar-refractivity contribution in [2.45, 2.75) is 38.6 Å². The first-order valence-corrected chi connectivity index (χ1v) is 8.36. The number of anilines is 2. The number of piperidine rings is 1. The lowest BCUT2D eigenvalue weighted by molar-refractivity contribution is -0.118. The molecule has 6 heteroatoms. The molecule has 2 aliphatic rings. The predicted octanol–water partition coefficient (Wildman–Crippen LogP) is 1.52. The molecule has 6 nitrogen and oxygen atoms in total. The largest absolute Gasteiger partial charge is 0.353 e. The highest BCUT2D eigenvalue weighted by Gasteiger charge is 2.24. The van der Waals surface area contributed by atoms with Gasteiger partial charge in [-0.2, -0.15) is 4.98 Å². The number of piperazine rings is 1. The van der Waals surface area contributed by atoms with E-state index in [2.05, 4.69) is 21.7 Å². The summed E-state index contributed by atoms with van der Waals surface area (Å²) in [5.41, 5.74) is 0. The van der Waals surface area contributed by atoms with Crippen molar-refractivity contribution in [3.63, 3.8) is 0 Å². The van der Waals surface area contributed by atoms with Crippen molar-refractivity contribution < 1.29 is 4.79 Å². The number of hydrogen-bond donors (Lipinski definition) is 0. The van der Waals surface area contributed by atoms with Crippen LogP contribution in [0.25, 0.3) is 0 Å². The SMILES string of the molecule is CCC1CCCCN1c1ccnc(N2CCN(C=O)CC2)n1. The number of carbonyl (C=O) groups is 1. The van der Waals surface area contributed by atoms with Crippen LogP contribution >= 0.6 is 0 Å². The second-order valence-corrected chi connectivity index (χ2v) is 6.09. The molecule has 0 bridgehead atoms. The molecule has 0 aliphatic carbocycles. The van der Waals surface area contributed by atoms with Crippen molar-refractivity contribution in [3.05, 3.63) is 12.3 Å². The van der Waals surface area contributed by atoms with Crippen molar-refractivity contribution >= 4 is 18.2 Å². The molecule has 1 atom stereocenters. The van der Waals surface area contributed by atoms with Gasteiger partial charge in [0.05, 0.1) is 0 Å². The molecule has 2 fully saturated rings. The van der Waals surface area contributed by atoms with Crippen molar-refractivity contribution in [1.82, 2.24) is 14.9 Å². The molecule has 120 valence electrons. The Labute approximate surface area is 132 Å². The lowest BCUT2D eigenvalue weighted by Gasteiger charge is -2.37. The minimum absolute atomic E-state index is 0.600. The summed E-state index contributed by atoms with van der Waals surface area (Å²) in [6, 6.07) is 2.63. The standard InChI is InChI=1S/C16H25N5O/c1-2-14-5-3-4-8-21(14)15-6-7-17-16(18-15)20-11-9-19(13-22)10-12-20/h6-7,13-14H,2-5,8-12H2,1H3. The quantitative estimate of drug-likeness (QED) is 0.790. The van der Waals surface area contributed by atoms with Crippen LogP contribution in [0.2, 0.25) is 0 Å². The molecule has 2 saturated heterocycles. The van der Waals surface area contributed by atoms with Crippen LogP contribution in [0, 0.1) is 0 Å². The number of hydrogen-bond acceptors (Lipinski definition) is 5. The van der Waals surface area contributed by atoms with Gasteiger partial charge in [0.1, 0.15) is 5.82 Å². The van der Waals surface area contributed by atoms with Gasteiger partial charge in [-0.05, 0) is 31.7 Å². The van der Waals surface area contributed by atoms with Crippen LogP contribution in [0.3, 0.4) is 0 Å². The Kier molecular flexibility index (Phi) is 4.75. The van der Waals surface area contributed by atoms with Gasteiger partial charge in [0.2, 0.25) is 12.4 Å². The summed E-state index contributed by atoms with van der Waals surface area (Å²) in [6.07, 6.45) is 7.78. The molecule has 0 radical (unpaired) electrons. The van der Waals surface area contributed by atoms with E-state index in [9.17, 15) is 4.79 Å². The van der Waals surface area contributed by atoms with Crippen LogP contribution in [0.4, 0.5) is 11.8 Å². The number of amides is 1. The van der Waals surface area contributed by atoms with Crippen molar-refractivity contribution in [2.24, 2.45) is 0 Å². The highest BCUT2D eigenvalue weighted by molar-refractivity contribution is 5.49. The molecule has 0 saturated carbocycles. The maximum absolute atomic E-state index is 10.8. The second kappa shape index (κ2) is 6.94. The average Bonchev–Trinajstić information content (AvgIpc) is 2.62. The highest BCUT2D eigenvalue weighted by atomic mass is 16.1. The van der Waals surface area contributed by atoms with E-state index in [0.29, 0.717) is 6.04 Å². The van der Waals surface area contributed by atoms with E-state index in [4.69, 9.17) is 4.98 Å². The molecule has 1 aromatic heterocycles. The zero-order chi connectivity index (χ0) is 15.4. The Morgan fingerprint density at radius 3 is 2.77 bits per heavy atom. The van der Waals surface area contributed by atoms with E-state index in [0.717, 1.165) is 57.3 Å². The number of rotatable bonds is 4. The summed E-state index contributed by atoms with van der Waals surface area (Å²) >= 11 is 0. The molecule has 1 unspecified atom stereocenters. The number of carbonyl (C=O) groups excluding carboxylic acids is 1. The Morgan fingerprint density at radius 2 is 2.05 bits per heavy atom. The van der Waals surface area contributed by atoms with Gasteiger partial charge in [0.15, 0.2) is 0 Å². The first-order chi connectivity index (χ1) is 10.8. The lowest BCUT2D eigenvalue weighted by atomic mass is 10.0. The van der Waals surface area contributed by atoms with E-state index >= 15 is 0 Å². The Hall–Kier alpha value is -1.85. The smallest absolute Gasteiger partial charge is 0.227 e. The van der Waals surface area contributed by atoms with E-state index < -0.39 is 0 Å². The molecule has 3 rings (SSSR count). The zero-order valence-corrected chi connectivity index (χ0v) is 13.3. The zero-order valence-electron chi connectivity index (χ0n) is 13.3. The molecule has 3 heterocycles. The molecule has 1 aromatic rings. The van der Waals surface area contributed by atoms with E-state index in [-0.39, 0.29) is 0 Å². The van der Waals surface area contributed by atoms with E-state index in [1.54, 1.807) is 4.90 Å². The van der Waals surface area contributed by atoms with Crippen LogP contribution in [-0.4, -0.2) is 60.0 Å². The van der Waals surface area contributed by atoms with Crippen molar-refractivity contribution in [3.8, 4) is 0 Å². The monoisotopic (exact) mass is 303 g/mol. The summed E-state index contributed by atoms with van der Waals surface area (Å²) in [5, 5.41) is 0. The molecule has 0 aromatic carbocycles. The Bertz CT molecular complexity index is 501. The fraction of sp³-hybridized carbons (Fsp3) is 0.688. The highest BCUT2D eigenvalue weighted by Crippen LogP contribution is 2.26. The van der Waals surface area contributed by atoms with Gasteiger partial charge < -0.3 is 14.7 Å². The van der Waals surface area contributed by atoms with Crippen LogP contribution in [0.1, 0.15) is 32.6 Å². The van der Waals surface area contributed by atoms with Gasteiger partial charge in [0, 0.05) is 45.0 Å². The number of aromatic nitrogens is 2. The third kappa shape index (κ3) is 3.15. The molecule has 2 aliphatic heterocycles. The molecule has 0 spiro atoms. The third-order valence-electron chi connectivity index (χ3n) is 4.77. The van der Waals surface area contributed by atoms with Gasteiger partial charge in [-0.25, -0.2) is 4.98 Å². The number of nitrogens with zero attached hydrogens (tertiary/aromatic N) is 5. The van der Waals surface area contributed by atoms with Gasteiger partial charge in [-0.15, -0.1) is 0 Å². The van der Waals surface area contributed by atoms with Crippen LogP contribution in [-0.2, 0) is 4.79 Å². The second-order valence-electron chi connectivity index (χ2n) is 6.09. The van der Waals surface area contributed by atoms with Gasteiger partial charge in [0.25, 0.3) is 0 Å². The summed E-state index contributed by atoms with van der Waals surface area (Å²) < 4.78 is 0. The fourth-order valence-corrected chi connectivity index (χ4v) is 3.41. The Morgan fingerprint density at radius 1 is 1.23 bits per heavy atom. The molecular formula is C16H25N5O. The van der Waals surface area contributed by atoms with Crippen molar-refractivity contribution in [1.29, 1.82) is 0 Å². The molecule has 1 amide bonds. The van der Waals surface area contributed by atoms with Crippen LogP contribution < -0.4 is 9.80 Å². The minimum Gasteiger partial charge on any atom is -0.353 e. The average molecular weight is 303 g/mol. The topological polar surface area (TPSA) is 52.6 Å². The summed E-state index contributed by atoms with van der Waals surface area (Å²) in [4.78, 5) is 26.5. The maximum Gasteiger partial charge on any atom is 0.227 e. The third-order valence-corrected chi connectivity index (χ3v) is 4.77. The first kappa shape index (κ1) is 15.1. The molecule has 0 N–H and O–H groups in total. The molecular weight excluding hydrogens is 278 g/mol. The Balaban J connectivity index is 1.73. The minimum atomic E-state index is 0.600. The van der Waals surface area contributed by atoms with Crippen LogP contribution in [0.15, 0.2) is 12.3 Å². The first-order valence-electron chi connectivity index (χ1n) is 8.36. The normalized spacial score (nSPS) is 22.8. The van der Waals surface area contributed by atoms with E-state index in [1.807, 2.05) is 12.3 Å². The fourth-order valence-electron chi connectivity index (χ4n) is 3.41. The van der Waals surface area contributed by atoms with Crippen LogP contribution in [0.5, 0.6) is 0 Å². The maximum atomic E-state index is 10.8. The van der Waals surface area contributed by atoms with Gasteiger partial charge in [-0.3, -0.25) is 4.79 Å². The van der Waals surface area contributed by atoms with Gasteiger partial charge >= 0.3 is 0 Å². The van der Waals surface area contributed by atoms with E-state index in [1.165, 1.54) is 19.3 Å². The van der Waals surface area contributed by atoms with Crippen molar-refractivity contribution in [2.75, 3.05) is 42.5 Å².